The van der Waals surface area contributed by atoms with Crippen molar-refractivity contribution in [2.75, 3.05) is 13.1 Å². The van der Waals surface area contributed by atoms with Gasteiger partial charge in [0.25, 0.3) is 0 Å². The molecule has 1 unspecified atom stereocenters. The van der Waals surface area contributed by atoms with Crippen LogP contribution < -0.4 is 5.32 Å². The Balaban J connectivity index is 1.69. The minimum Gasteiger partial charge on any atom is -0.443 e. The van der Waals surface area contributed by atoms with E-state index in [-0.39, 0.29) is 18.3 Å². The van der Waals surface area contributed by atoms with E-state index < -0.39 is 23.9 Å². The summed E-state index contributed by atoms with van der Waals surface area (Å²) in [5.74, 6) is 0.472. The molecule has 0 fully saturated rings. The number of alkyl halides is 3. The average Bonchev–Trinajstić information content (AvgIpc) is 3.30. The molecule has 1 aromatic heterocycles. The molecule has 0 bridgehead atoms. The standard InChI is InChI=1S/C19H19ClF3N3O3/c1-2-24-18(27)26(10-12-4-3-5-13(8-12)19(21,22)23)11-14-9-15(25-29-14)16-6-7-17(20)28-16/h3-8,14H,2,9-11H2,1H3,(H,24,27). The molecule has 1 aliphatic rings. The summed E-state index contributed by atoms with van der Waals surface area (Å²) in [7, 11) is 0. The van der Waals surface area contributed by atoms with Gasteiger partial charge in [0.2, 0.25) is 0 Å². The van der Waals surface area contributed by atoms with E-state index >= 15 is 0 Å². The highest BCUT2D eigenvalue weighted by atomic mass is 35.5. The SMILES string of the molecule is CCNC(=O)N(Cc1cccc(C(F)(F)F)c1)CC1CC(c2ccc(Cl)o2)=NO1. The number of amides is 2. The Labute approximate surface area is 170 Å². The van der Waals surface area contributed by atoms with Gasteiger partial charge in [0.1, 0.15) is 5.71 Å². The highest BCUT2D eigenvalue weighted by Crippen LogP contribution is 2.30. The van der Waals surface area contributed by atoms with Crippen LogP contribution in [0.25, 0.3) is 0 Å². The molecule has 29 heavy (non-hydrogen) atoms. The lowest BCUT2D eigenvalue weighted by Gasteiger charge is -2.25. The minimum absolute atomic E-state index is 0.00245. The molecule has 10 heteroatoms. The largest absolute Gasteiger partial charge is 0.443 e. The first-order valence-electron chi connectivity index (χ1n) is 8.93. The highest BCUT2D eigenvalue weighted by molar-refractivity contribution is 6.29. The fourth-order valence-corrected chi connectivity index (χ4v) is 3.08. The molecule has 0 saturated heterocycles. The van der Waals surface area contributed by atoms with E-state index in [9.17, 15) is 18.0 Å². The zero-order valence-corrected chi connectivity index (χ0v) is 16.3. The van der Waals surface area contributed by atoms with Gasteiger partial charge in [0.05, 0.1) is 12.1 Å². The predicted octanol–water partition coefficient (Wildman–Crippen LogP) is 4.68. The molecule has 2 amide bonds. The summed E-state index contributed by atoms with van der Waals surface area (Å²) in [6.07, 6.45) is -4.53. The molecule has 0 aliphatic carbocycles. The average molecular weight is 430 g/mol. The van der Waals surface area contributed by atoms with Crippen LogP contribution in [0.15, 0.2) is 46.0 Å². The molecule has 156 valence electrons. The summed E-state index contributed by atoms with van der Waals surface area (Å²) in [5, 5.41) is 6.86. The Hall–Kier alpha value is -2.68. The summed E-state index contributed by atoms with van der Waals surface area (Å²) in [6.45, 7) is 2.28. The first-order chi connectivity index (χ1) is 13.8. The lowest BCUT2D eigenvalue weighted by atomic mass is 10.1. The number of benzene rings is 1. The van der Waals surface area contributed by atoms with Gasteiger partial charge in [-0.3, -0.25) is 0 Å². The Morgan fingerprint density at radius 2 is 2.14 bits per heavy atom. The van der Waals surface area contributed by atoms with Crippen molar-refractivity contribution < 1.29 is 27.2 Å². The van der Waals surface area contributed by atoms with Gasteiger partial charge >= 0.3 is 12.2 Å². The van der Waals surface area contributed by atoms with Gasteiger partial charge < -0.3 is 19.5 Å². The van der Waals surface area contributed by atoms with Crippen LogP contribution in [0.1, 0.15) is 30.2 Å². The molecule has 6 nitrogen and oxygen atoms in total. The van der Waals surface area contributed by atoms with Gasteiger partial charge in [-0.15, -0.1) is 0 Å². The highest BCUT2D eigenvalue weighted by Gasteiger charge is 2.31. The van der Waals surface area contributed by atoms with Crippen LogP contribution in [0.2, 0.25) is 5.22 Å². The molecule has 0 saturated carbocycles. The second-order valence-corrected chi connectivity index (χ2v) is 6.86. The van der Waals surface area contributed by atoms with E-state index in [1.54, 1.807) is 25.1 Å². The summed E-state index contributed by atoms with van der Waals surface area (Å²) in [6, 6.07) is 7.75. The van der Waals surface area contributed by atoms with Crippen molar-refractivity contribution in [3.05, 3.63) is 58.5 Å². The number of hydrogen-bond acceptors (Lipinski definition) is 4. The van der Waals surface area contributed by atoms with Gasteiger partial charge in [-0.25, -0.2) is 4.79 Å². The number of nitrogens with one attached hydrogen (secondary N) is 1. The molecule has 2 aromatic rings. The molecule has 0 radical (unpaired) electrons. The number of urea groups is 1. The molecule has 1 aliphatic heterocycles. The molecule has 1 atom stereocenters. The van der Waals surface area contributed by atoms with Gasteiger partial charge in [0.15, 0.2) is 17.1 Å². The lowest BCUT2D eigenvalue weighted by molar-refractivity contribution is -0.137. The predicted molar refractivity (Wildman–Crippen MR) is 101 cm³/mol. The van der Waals surface area contributed by atoms with E-state index in [1.165, 1.54) is 11.0 Å². The smallest absolute Gasteiger partial charge is 0.416 e. The zero-order chi connectivity index (χ0) is 21.0. The van der Waals surface area contributed by atoms with Crippen LogP contribution in [-0.4, -0.2) is 35.8 Å². The molecule has 2 heterocycles. The normalized spacial score (nSPS) is 16.3. The first-order valence-corrected chi connectivity index (χ1v) is 9.31. The second kappa shape index (κ2) is 8.77. The third kappa shape index (κ3) is 5.44. The minimum atomic E-state index is -4.45. The molecule has 0 spiro atoms. The third-order valence-corrected chi connectivity index (χ3v) is 4.46. The van der Waals surface area contributed by atoms with Crippen molar-refractivity contribution in [1.82, 2.24) is 10.2 Å². The molecule has 1 aromatic carbocycles. The van der Waals surface area contributed by atoms with Gasteiger partial charge in [0, 0.05) is 19.5 Å². The van der Waals surface area contributed by atoms with Crippen molar-refractivity contribution >= 4 is 23.3 Å². The molecule has 1 N–H and O–H groups in total. The Kier molecular flexibility index (Phi) is 6.36. The van der Waals surface area contributed by atoms with Gasteiger partial charge in [-0.2, -0.15) is 13.2 Å². The van der Waals surface area contributed by atoms with Gasteiger partial charge in [-0.1, -0.05) is 17.3 Å². The van der Waals surface area contributed by atoms with Crippen molar-refractivity contribution in [3.8, 4) is 0 Å². The summed E-state index contributed by atoms with van der Waals surface area (Å²) >= 11 is 5.77. The summed E-state index contributed by atoms with van der Waals surface area (Å²) < 4.78 is 44.2. The molecular weight excluding hydrogens is 411 g/mol. The van der Waals surface area contributed by atoms with E-state index in [0.717, 1.165) is 12.1 Å². The van der Waals surface area contributed by atoms with Crippen LogP contribution in [0.5, 0.6) is 0 Å². The van der Waals surface area contributed by atoms with Crippen molar-refractivity contribution in [2.24, 2.45) is 5.16 Å². The maximum absolute atomic E-state index is 13.0. The maximum atomic E-state index is 13.0. The van der Waals surface area contributed by atoms with E-state index in [4.69, 9.17) is 20.9 Å². The number of nitrogens with zero attached hydrogens (tertiary/aromatic N) is 2. The Bertz CT molecular complexity index is 898. The summed E-state index contributed by atoms with van der Waals surface area (Å²) in [5.41, 5.74) is 0.156. The number of rotatable bonds is 6. The van der Waals surface area contributed by atoms with Crippen molar-refractivity contribution in [1.29, 1.82) is 0 Å². The lowest BCUT2D eigenvalue weighted by Crippen LogP contribution is -2.43. The van der Waals surface area contributed by atoms with Crippen LogP contribution in [-0.2, 0) is 17.6 Å². The number of hydrogen-bond donors (Lipinski definition) is 1. The Morgan fingerprint density at radius 1 is 1.34 bits per heavy atom. The van der Waals surface area contributed by atoms with Crippen molar-refractivity contribution in [2.45, 2.75) is 32.2 Å². The first kappa shape index (κ1) is 21.0. The topological polar surface area (TPSA) is 67.1 Å². The molecule has 3 rings (SSSR count). The monoisotopic (exact) mass is 429 g/mol. The third-order valence-electron chi connectivity index (χ3n) is 4.26. The zero-order valence-electron chi connectivity index (χ0n) is 15.5. The van der Waals surface area contributed by atoms with Gasteiger partial charge in [-0.05, 0) is 48.4 Å². The number of carbonyl (C=O) groups is 1. The maximum Gasteiger partial charge on any atom is 0.416 e. The summed E-state index contributed by atoms with van der Waals surface area (Å²) in [4.78, 5) is 19.2. The fourth-order valence-electron chi connectivity index (χ4n) is 2.94. The van der Waals surface area contributed by atoms with E-state index in [2.05, 4.69) is 10.5 Å². The number of carbonyl (C=O) groups excluding carboxylic acids is 1. The Morgan fingerprint density at radius 3 is 2.79 bits per heavy atom. The van der Waals surface area contributed by atoms with Crippen LogP contribution in [0, 0.1) is 0 Å². The van der Waals surface area contributed by atoms with Crippen LogP contribution in [0.3, 0.4) is 0 Å². The number of oxime groups is 1. The number of furan rings is 1. The van der Waals surface area contributed by atoms with Crippen molar-refractivity contribution in [3.63, 3.8) is 0 Å². The van der Waals surface area contributed by atoms with E-state index in [1.807, 2.05) is 0 Å². The second-order valence-electron chi connectivity index (χ2n) is 6.49. The number of halogens is 4. The van der Waals surface area contributed by atoms with E-state index in [0.29, 0.717) is 30.0 Å². The quantitative estimate of drug-likeness (QED) is 0.725. The van der Waals surface area contributed by atoms with Crippen LogP contribution >= 0.6 is 11.6 Å². The fraction of sp³-hybridized carbons (Fsp3) is 0.368. The van der Waals surface area contributed by atoms with Crippen LogP contribution in [0.4, 0.5) is 18.0 Å². The molecular formula is C19H19ClF3N3O3.